The Hall–Kier alpha value is -3.25. The molecule has 0 spiro atoms. The third kappa shape index (κ3) is 4.75. The second-order valence-corrected chi connectivity index (χ2v) is 8.79. The Kier molecular flexibility index (Phi) is 5.74. The quantitative estimate of drug-likeness (QED) is 0.616. The first kappa shape index (κ1) is 21.0. The molecule has 1 amide bonds. The molecule has 0 unspecified atom stereocenters. The molecule has 2 aromatic carbocycles. The fourth-order valence-corrected chi connectivity index (χ4v) is 3.96. The first-order valence-corrected chi connectivity index (χ1v) is 10.5. The Labute approximate surface area is 182 Å². The van der Waals surface area contributed by atoms with E-state index in [-0.39, 0.29) is 0 Å². The van der Waals surface area contributed by atoms with Crippen LogP contribution in [0.25, 0.3) is 22.0 Å². The van der Waals surface area contributed by atoms with Crippen LogP contribution in [0, 0.1) is 0 Å². The molecule has 0 bridgehead atoms. The lowest BCUT2D eigenvalue weighted by molar-refractivity contribution is 0.0523. The van der Waals surface area contributed by atoms with Gasteiger partial charge in [-0.2, -0.15) is 0 Å². The fourth-order valence-electron chi connectivity index (χ4n) is 3.96. The van der Waals surface area contributed by atoms with E-state index in [9.17, 15) is 9.59 Å². The molecule has 1 aromatic heterocycles. The lowest BCUT2D eigenvalue weighted by atomic mass is 9.89. The summed E-state index contributed by atoms with van der Waals surface area (Å²) < 4.78 is 5.33. The van der Waals surface area contributed by atoms with Crippen LogP contribution in [0.1, 0.15) is 48.0 Å². The number of carbonyl (C=O) groups is 2. The van der Waals surface area contributed by atoms with Crippen LogP contribution in [0.4, 0.5) is 4.79 Å². The molecule has 31 heavy (non-hydrogen) atoms. The largest absolute Gasteiger partial charge is 0.444 e. The number of hydrogen-bond donors (Lipinski definition) is 2. The van der Waals surface area contributed by atoms with E-state index in [0.717, 1.165) is 53.4 Å². The molecule has 6 nitrogen and oxygen atoms in total. The summed E-state index contributed by atoms with van der Waals surface area (Å²) in [5.74, 6) is 0. The average Bonchev–Trinajstić information content (AvgIpc) is 2.75. The molecule has 2 heterocycles. The van der Waals surface area contributed by atoms with Crippen molar-refractivity contribution >= 4 is 23.3 Å². The molecular formula is C25H27N3O3. The summed E-state index contributed by atoms with van der Waals surface area (Å²) in [7, 11) is 0. The number of nitrogens with zero attached hydrogens (tertiary/aromatic N) is 1. The maximum atomic E-state index is 12.0. The number of rotatable bonds is 4. The number of aromatic nitrogens is 1. The van der Waals surface area contributed by atoms with Gasteiger partial charge in [0.15, 0.2) is 6.29 Å². The van der Waals surface area contributed by atoms with Gasteiger partial charge in [-0.15, -0.1) is 0 Å². The number of pyridine rings is 1. The van der Waals surface area contributed by atoms with Crippen molar-refractivity contribution in [1.29, 1.82) is 0 Å². The van der Waals surface area contributed by atoms with Gasteiger partial charge in [0.05, 0.1) is 5.52 Å². The number of benzene rings is 2. The highest BCUT2D eigenvalue weighted by Gasteiger charge is 2.18. The molecule has 0 radical (unpaired) electrons. The number of carbonyl (C=O) groups excluding carboxylic acids is 2. The van der Waals surface area contributed by atoms with Gasteiger partial charge >= 0.3 is 6.09 Å². The molecule has 0 aliphatic carbocycles. The van der Waals surface area contributed by atoms with Crippen molar-refractivity contribution in [3.63, 3.8) is 0 Å². The van der Waals surface area contributed by atoms with Crippen LogP contribution >= 0.6 is 0 Å². The molecular weight excluding hydrogens is 390 g/mol. The summed E-state index contributed by atoms with van der Waals surface area (Å²) in [5.41, 5.74) is 6.27. The van der Waals surface area contributed by atoms with Crippen molar-refractivity contribution in [3.8, 4) is 11.1 Å². The third-order valence-corrected chi connectivity index (χ3v) is 5.28. The highest BCUT2D eigenvalue weighted by atomic mass is 16.6. The third-order valence-electron chi connectivity index (χ3n) is 5.28. The van der Waals surface area contributed by atoms with E-state index in [1.807, 2.05) is 45.0 Å². The van der Waals surface area contributed by atoms with E-state index in [0.29, 0.717) is 12.2 Å². The highest BCUT2D eigenvalue weighted by Crippen LogP contribution is 2.34. The van der Waals surface area contributed by atoms with Gasteiger partial charge in [-0.25, -0.2) is 9.78 Å². The van der Waals surface area contributed by atoms with Crippen LogP contribution in [0.3, 0.4) is 0 Å². The van der Waals surface area contributed by atoms with E-state index >= 15 is 0 Å². The summed E-state index contributed by atoms with van der Waals surface area (Å²) in [6.07, 6.45) is 1.27. The number of aldehydes is 1. The van der Waals surface area contributed by atoms with Crippen LogP contribution < -0.4 is 10.6 Å². The molecule has 0 saturated heterocycles. The van der Waals surface area contributed by atoms with Crippen molar-refractivity contribution < 1.29 is 14.3 Å². The Morgan fingerprint density at radius 1 is 1.19 bits per heavy atom. The number of hydrogen-bond acceptors (Lipinski definition) is 5. The second-order valence-electron chi connectivity index (χ2n) is 8.79. The highest BCUT2D eigenvalue weighted by molar-refractivity contribution is 5.98. The van der Waals surface area contributed by atoms with Gasteiger partial charge in [0.1, 0.15) is 11.3 Å². The zero-order valence-electron chi connectivity index (χ0n) is 18.1. The van der Waals surface area contributed by atoms with Gasteiger partial charge in [0, 0.05) is 18.5 Å². The molecule has 3 aromatic rings. The van der Waals surface area contributed by atoms with Crippen LogP contribution in [-0.4, -0.2) is 29.5 Å². The van der Waals surface area contributed by atoms with Gasteiger partial charge in [0.25, 0.3) is 0 Å². The molecule has 1 aliphatic heterocycles. The predicted molar refractivity (Wildman–Crippen MR) is 121 cm³/mol. The minimum atomic E-state index is -0.545. The van der Waals surface area contributed by atoms with Crippen LogP contribution in [0.15, 0.2) is 42.5 Å². The molecule has 6 heteroatoms. The van der Waals surface area contributed by atoms with Crippen LogP contribution in [0.5, 0.6) is 0 Å². The Balaban J connectivity index is 1.74. The Bertz CT molecular complexity index is 1150. The van der Waals surface area contributed by atoms with E-state index in [4.69, 9.17) is 4.74 Å². The summed E-state index contributed by atoms with van der Waals surface area (Å²) in [6.45, 7) is 7.62. The van der Waals surface area contributed by atoms with Gasteiger partial charge in [-0.1, -0.05) is 24.3 Å². The van der Waals surface area contributed by atoms with Gasteiger partial charge in [-0.05, 0) is 79.8 Å². The number of ether oxygens (including phenoxy) is 1. The molecule has 1 aliphatic rings. The zero-order chi connectivity index (χ0) is 22.0. The van der Waals surface area contributed by atoms with E-state index in [1.165, 1.54) is 11.1 Å². The lowest BCUT2D eigenvalue weighted by Crippen LogP contribution is -2.32. The maximum absolute atomic E-state index is 12.0. The topological polar surface area (TPSA) is 80.3 Å². The first-order valence-electron chi connectivity index (χ1n) is 10.5. The molecule has 0 atom stereocenters. The summed E-state index contributed by atoms with van der Waals surface area (Å²) in [5, 5.41) is 7.18. The summed E-state index contributed by atoms with van der Waals surface area (Å²) >= 11 is 0. The smallest absolute Gasteiger partial charge is 0.407 e. The van der Waals surface area contributed by atoms with E-state index < -0.39 is 11.7 Å². The summed E-state index contributed by atoms with van der Waals surface area (Å²) in [4.78, 5) is 28.1. The normalized spacial score (nSPS) is 13.5. The zero-order valence-corrected chi connectivity index (χ0v) is 18.1. The van der Waals surface area contributed by atoms with Crippen molar-refractivity contribution in [3.05, 3.63) is 64.8 Å². The number of alkyl carbamates (subject to hydrolysis) is 1. The Morgan fingerprint density at radius 2 is 2.03 bits per heavy atom. The van der Waals surface area contributed by atoms with Crippen molar-refractivity contribution in [2.75, 3.05) is 6.54 Å². The number of fused-ring (bicyclic) bond motifs is 2. The SMILES string of the molecule is CC(C)(C)OC(=O)NCc1ccc2nc(C=O)cc(-c3cccc4c3CCNC4)c2c1. The minimum Gasteiger partial charge on any atom is -0.444 e. The van der Waals surface area contributed by atoms with Gasteiger partial charge in [0.2, 0.25) is 0 Å². The molecule has 160 valence electrons. The number of amides is 1. The Morgan fingerprint density at radius 3 is 2.81 bits per heavy atom. The second kappa shape index (κ2) is 8.47. The minimum absolute atomic E-state index is 0.344. The monoisotopic (exact) mass is 417 g/mol. The molecule has 4 rings (SSSR count). The molecule has 0 saturated carbocycles. The first-order chi connectivity index (χ1) is 14.8. The van der Waals surface area contributed by atoms with Crippen molar-refractivity contribution in [2.45, 2.75) is 45.9 Å². The van der Waals surface area contributed by atoms with Gasteiger partial charge < -0.3 is 15.4 Å². The van der Waals surface area contributed by atoms with Crippen LogP contribution in [0.2, 0.25) is 0 Å². The average molecular weight is 418 g/mol. The standard InChI is InChI=1S/C25H27N3O3/c1-25(2,3)31-24(30)27-13-16-7-8-23-22(11-16)21(12-18(15-29)28-23)20-6-4-5-17-14-26-10-9-19(17)20/h4-8,11-12,15,26H,9-10,13-14H2,1-3H3,(H,27,30). The van der Waals surface area contributed by atoms with Gasteiger partial charge in [-0.3, -0.25) is 4.79 Å². The van der Waals surface area contributed by atoms with E-state index in [1.54, 1.807) is 0 Å². The van der Waals surface area contributed by atoms with Crippen LogP contribution in [-0.2, 0) is 24.2 Å². The van der Waals surface area contributed by atoms with Crippen molar-refractivity contribution in [2.24, 2.45) is 0 Å². The molecule has 0 fully saturated rings. The van der Waals surface area contributed by atoms with E-state index in [2.05, 4.69) is 33.8 Å². The number of nitrogens with one attached hydrogen (secondary N) is 2. The summed E-state index contributed by atoms with van der Waals surface area (Å²) in [6, 6.07) is 14.0. The lowest BCUT2D eigenvalue weighted by Gasteiger charge is -2.21. The molecule has 2 N–H and O–H groups in total. The predicted octanol–water partition coefficient (Wildman–Crippen LogP) is 4.38. The fraction of sp³-hybridized carbons (Fsp3) is 0.320. The van der Waals surface area contributed by atoms with Crippen molar-refractivity contribution in [1.82, 2.24) is 15.6 Å². The maximum Gasteiger partial charge on any atom is 0.407 e.